The third-order valence-corrected chi connectivity index (χ3v) is 11.0. The first-order valence-electron chi connectivity index (χ1n) is 16.9. The fraction of sp³-hybridized carbons (Fsp3) is 0.704. The summed E-state index contributed by atoms with van der Waals surface area (Å²) in [5, 5.41) is 51.2. The number of thiol groups is 1. The molecule has 31 heteroatoms. The van der Waals surface area contributed by atoms with Gasteiger partial charge >= 0.3 is 29.4 Å². The van der Waals surface area contributed by atoms with Gasteiger partial charge in [-0.3, -0.25) is 27.7 Å². The third-order valence-electron chi connectivity index (χ3n) is 7.68. The van der Waals surface area contributed by atoms with Gasteiger partial charge < -0.3 is 66.2 Å². The van der Waals surface area contributed by atoms with Gasteiger partial charge in [0.05, 0.1) is 19.5 Å². The molecule has 1 saturated heterocycles. The van der Waals surface area contributed by atoms with E-state index in [-0.39, 0.29) is 48.9 Å². The van der Waals surface area contributed by atoms with Crippen LogP contribution >= 0.6 is 36.1 Å². The standard InChI is InChI=1S/C21H36N7O16P3S.C6H12O4/c1-21(2,16(31)19(32)24-4-3-12(29)23-5-6-48)8-41-47(38,39)44-46(36,37)40-7-11-15(43-45(33,34)35)14(30)20(42-11)28-10-27-13-17(22)25-9-26-18(13)28;7-4-2-1-3-5(8)6(9)10/h9-11,14-16,20,30-31,48H,3-8H2,1-2H3,(H,23,29)(H,24,32)(H,36,37)(H,38,39)(H2,22,25,26)(H2,33,34,35);5,7-8H,1-4H2,(H,9,10)/t11-,14-,15-,16+,20-;/m1./s1. The van der Waals surface area contributed by atoms with Crippen LogP contribution in [0.2, 0.25) is 0 Å². The molecule has 0 saturated carbocycles. The number of nitrogens with one attached hydrogen (secondary N) is 2. The number of nitrogen functional groups attached to an aromatic ring is 1. The second-order valence-electron chi connectivity index (χ2n) is 12.9. The monoisotopic (exact) mass is 915 g/mol. The van der Waals surface area contributed by atoms with E-state index in [0.717, 1.165) is 17.2 Å². The second kappa shape index (κ2) is 22.8. The molecule has 1 aliphatic heterocycles. The number of fused-ring (bicyclic) bond motifs is 1. The number of phosphoric acid groups is 3. The van der Waals surface area contributed by atoms with Crippen molar-refractivity contribution in [2.24, 2.45) is 5.41 Å². The van der Waals surface area contributed by atoms with Crippen LogP contribution in [0.3, 0.4) is 0 Å². The first kappa shape index (κ1) is 51.4. The average molecular weight is 916 g/mol. The minimum Gasteiger partial charge on any atom is -0.479 e. The third kappa shape index (κ3) is 16.7. The number of nitrogens with zero attached hydrogens (tertiary/aromatic N) is 4. The Balaban J connectivity index is 0.00000102. The molecule has 0 spiro atoms. The minimum atomic E-state index is -5.54. The molecule has 332 valence electrons. The zero-order chi connectivity index (χ0) is 44.1. The maximum atomic E-state index is 12.6. The van der Waals surface area contributed by atoms with Gasteiger partial charge in [-0.1, -0.05) is 13.8 Å². The van der Waals surface area contributed by atoms with Crippen molar-refractivity contribution in [1.82, 2.24) is 30.2 Å². The van der Waals surface area contributed by atoms with Gasteiger partial charge in [0.2, 0.25) is 11.8 Å². The molecule has 13 N–H and O–H groups in total. The van der Waals surface area contributed by atoms with Gasteiger partial charge in [0.25, 0.3) is 0 Å². The van der Waals surface area contributed by atoms with Gasteiger partial charge in [0, 0.05) is 37.3 Å². The lowest BCUT2D eigenvalue weighted by Gasteiger charge is -2.30. The molecule has 0 aliphatic carbocycles. The van der Waals surface area contributed by atoms with Gasteiger partial charge in [-0.2, -0.15) is 16.9 Å². The van der Waals surface area contributed by atoms with Gasteiger partial charge in [0.15, 0.2) is 23.8 Å². The van der Waals surface area contributed by atoms with Crippen LogP contribution in [0.4, 0.5) is 5.82 Å². The van der Waals surface area contributed by atoms with Crippen LogP contribution < -0.4 is 16.4 Å². The van der Waals surface area contributed by atoms with Crippen molar-refractivity contribution < 1.29 is 95.8 Å². The van der Waals surface area contributed by atoms with Crippen LogP contribution in [0.1, 0.15) is 45.8 Å². The van der Waals surface area contributed by atoms with Gasteiger partial charge in [-0.25, -0.2) is 33.4 Å². The molecule has 2 aromatic rings. The van der Waals surface area contributed by atoms with Gasteiger partial charge in [-0.05, 0) is 19.3 Å². The predicted octanol–water partition coefficient (Wildman–Crippen LogP) is -2.07. The Morgan fingerprint density at radius 1 is 1.03 bits per heavy atom. The fourth-order valence-corrected chi connectivity index (χ4v) is 7.65. The van der Waals surface area contributed by atoms with Crippen LogP contribution in [-0.2, 0) is 50.7 Å². The lowest BCUT2D eigenvalue weighted by atomic mass is 9.87. The molecular weight excluding hydrogens is 867 g/mol. The second-order valence-corrected chi connectivity index (χ2v) is 17.5. The zero-order valence-electron chi connectivity index (χ0n) is 30.9. The number of aliphatic hydroxyl groups excluding tert-OH is 4. The molecule has 0 bridgehead atoms. The SMILES string of the molecule is CC(C)(COP(=O)(O)OP(=O)(O)OC[C@H]1O[C@@H](n2cnc3c(N)ncnc32)[C@H](O)[C@@H]1OP(=O)(O)O)[C@@H](O)C(=O)NCCC(=O)NCCS.O=C(O)C(O)CCCCO. The number of hydrogen-bond donors (Lipinski definition) is 13. The average Bonchev–Trinajstić information content (AvgIpc) is 3.69. The van der Waals surface area contributed by atoms with E-state index in [4.69, 9.17) is 34.8 Å². The number of amides is 2. The Labute approximate surface area is 335 Å². The molecule has 1 fully saturated rings. The topological polar surface area (TPSA) is 424 Å². The summed E-state index contributed by atoms with van der Waals surface area (Å²) < 4.78 is 61.7. The van der Waals surface area contributed by atoms with Crippen LogP contribution in [0.15, 0.2) is 12.7 Å². The lowest BCUT2D eigenvalue weighted by molar-refractivity contribution is -0.147. The smallest absolute Gasteiger partial charge is 0.479 e. The summed E-state index contributed by atoms with van der Waals surface area (Å²) in [6, 6.07) is 0. The minimum absolute atomic E-state index is 0.0363. The Bertz CT molecular complexity index is 1820. The molecule has 2 aromatic heterocycles. The number of hydrogen-bond acceptors (Lipinski definition) is 20. The number of anilines is 1. The van der Waals surface area contributed by atoms with Crippen molar-refractivity contribution in [3.8, 4) is 0 Å². The molecule has 3 heterocycles. The van der Waals surface area contributed by atoms with Crippen molar-refractivity contribution in [1.29, 1.82) is 0 Å². The van der Waals surface area contributed by atoms with E-state index in [9.17, 15) is 57.9 Å². The summed E-state index contributed by atoms with van der Waals surface area (Å²) in [5.41, 5.74) is 4.30. The number of carboxylic acids is 1. The van der Waals surface area contributed by atoms with E-state index < -0.39 is 90.7 Å². The molecule has 1 aliphatic rings. The molecule has 3 rings (SSSR count). The van der Waals surface area contributed by atoms with Crippen molar-refractivity contribution in [2.75, 3.05) is 44.4 Å². The quantitative estimate of drug-likeness (QED) is 0.0323. The zero-order valence-corrected chi connectivity index (χ0v) is 34.4. The number of aliphatic carboxylic acids is 1. The van der Waals surface area contributed by atoms with E-state index in [1.165, 1.54) is 13.8 Å². The molecule has 58 heavy (non-hydrogen) atoms. The Kier molecular flexibility index (Phi) is 20.2. The number of ether oxygens (including phenoxy) is 1. The van der Waals surface area contributed by atoms with Crippen molar-refractivity contribution >= 4 is 70.9 Å². The van der Waals surface area contributed by atoms with Crippen LogP contribution in [0, 0.1) is 5.41 Å². The van der Waals surface area contributed by atoms with Crippen LogP contribution in [0.5, 0.6) is 0 Å². The van der Waals surface area contributed by atoms with E-state index >= 15 is 0 Å². The molecule has 8 atom stereocenters. The molecule has 2 amide bonds. The number of unbranched alkanes of at least 4 members (excludes halogenated alkanes) is 1. The number of nitrogens with two attached hydrogens (primary N) is 1. The largest absolute Gasteiger partial charge is 0.481 e. The summed E-state index contributed by atoms with van der Waals surface area (Å²) in [6.07, 6.45) is -6.70. The molecule has 3 unspecified atom stereocenters. The Morgan fingerprint density at radius 3 is 2.29 bits per heavy atom. The van der Waals surface area contributed by atoms with Crippen LogP contribution in [0.25, 0.3) is 11.2 Å². The van der Waals surface area contributed by atoms with E-state index in [0.29, 0.717) is 25.1 Å². The van der Waals surface area contributed by atoms with Gasteiger partial charge in [-0.15, -0.1) is 0 Å². The van der Waals surface area contributed by atoms with Gasteiger partial charge in [0.1, 0.15) is 36.3 Å². The normalized spacial score (nSPS) is 21.6. The van der Waals surface area contributed by atoms with Crippen molar-refractivity contribution in [2.45, 2.75) is 76.3 Å². The predicted molar refractivity (Wildman–Crippen MR) is 198 cm³/mol. The number of rotatable bonds is 23. The Morgan fingerprint density at radius 2 is 1.69 bits per heavy atom. The van der Waals surface area contributed by atoms with Crippen molar-refractivity contribution in [3.63, 3.8) is 0 Å². The number of aliphatic hydroxyl groups is 4. The fourth-order valence-electron chi connectivity index (χ4n) is 4.71. The highest BCUT2D eigenvalue weighted by Gasteiger charge is 2.50. The van der Waals surface area contributed by atoms with Crippen molar-refractivity contribution in [3.05, 3.63) is 12.7 Å². The van der Waals surface area contributed by atoms with E-state index in [2.05, 4.69) is 47.0 Å². The number of carbonyl (C=O) groups is 3. The highest BCUT2D eigenvalue weighted by Crippen LogP contribution is 2.61. The summed E-state index contributed by atoms with van der Waals surface area (Å²) in [7, 11) is -16.3. The number of carboxylic acid groups (broad SMARTS) is 1. The lowest BCUT2D eigenvalue weighted by Crippen LogP contribution is -2.46. The highest BCUT2D eigenvalue weighted by molar-refractivity contribution is 7.80. The summed E-state index contributed by atoms with van der Waals surface area (Å²) in [6.45, 7) is 0.771. The molecule has 0 aromatic carbocycles. The number of carbonyl (C=O) groups excluding carboxylic acids is 2. The Hall–Kier alpha value is -2.72. The molecular formula is C27H48N7O20P3S. The van der Waals surface area contributed by atoms with E-state index in [1.54, 1.807) is 0 Å². The number of imidazole rings is 1. The molecule has 27 nitrogen and oxygen atoms in total. The van der Waals surface area contributed by atoms with E-state index in [1.807, 2.05) is 0 Å². The summed E-state index contributed by atoms with van der Waals surface area (Å²) in [5.74, 6) is -2.14. The highest BCUT2D eigenvalue weighted by atomic mass is 32.1. The first-order valence-corrected chi connectivity index (χ1v) is 22.0. The maximum Gasteiger partial charge on any atom is 0.481 e. The number of phosphoric ester groups is 3. The summed E-state index contributed by atoms with van der Waals surface area (Å²) in [4.78, 5) is 84.6. The molecule has 0 radical (unpaired) electrons. The summed E-state index contributed by atoms with van der Waals surface area (Å²) >= 11 is 3.95. The number of aromatic nitrogens is 4. The first-order chi connectivity index (χ1) is 26.8. The van der Waals surface area contributed by atoms with Crippen LogP contribution in [-0.4, -0.2) is 152 Å². The maximum absolute atomic E-state index is 12.6.